The largest absolute Gasteiger partial charge is 0.464 e. The first-order valence-electron chi connectivity index (χ1n) is 13.1. The van der Waals surface area contributed by atoms with E-state index >= 15 is 0 Å². The summed E-state index contributed by atoms with van der Waals surface area (Å²) in [5.74, 6) is -1.85. The van der Waals surface area contributed by atoms with Crippen molar-refractivity contribution in [1.29, 1.82) is 0 Å². The topological polar surface area (TPSA) is 134 Å². The van der Waals surface area contributed by atoms with Crippen LogP contribution in [0.2, 0.25) is 0 Å². The maximum atomic E-state index is 13.6. The zero-order chi connectivity index (χ0) is 27.8. The lowest BCUT2D eigenvalue weighted by Gasteiger charge is -2.30. The third kappa shape index (κ3) is 8.31. The molecule has 3 N–H and O–H groups in total. The maximum absolute atomic E-state index is 13.6. The summed E-state index contributed by atoms with van der Waals surface area (Å²) in [7, 11) is 0. The molecule has 10 heteroatoms. The molecule has 1 saturated carbocycles. The predicted octanol–water partition coefficient (Wildman–Crippen LogP) is 2.60. The summed E-state index contributed by atoms with van der Waals surface area (Å²) >= 11 is 0. The molecule has 1 heterocycles. The monoisotopic (exact) mass is 521 g/mol. The second kappa shape index (κ2) is 13.1. The van der Waals surface area contributed by atoms with Crippen LogP contribution in [0.25, 0.3) is 0 Å². The van der Waals surface area contributed by atoms with E-state index in [9.17, 15) is 24.3 Å². The van der Waals surface area contributed by atoms with Crippen LogP contribution >= 0.6 is 0 Å². The normalized spacial score (nSPS) is 25.5. The lowest BCUT2D eigenvalue weighted by atomic mass is 10.0. The van der Waals surface area contributed by atoms with Gasteiger partial charge in [0.15, 0.2) is 0 Å². The number of rotatable bonds is 13. The molecule has 1 aliphatic heterocycles. The van der Waals surface area contributed by atoms with E-state index < -0.39 is 53.2 Å². The summed E-state index contributed by atoms with van der Waals surface area (Å²) in [6, 6.07) is -1.93. The number of nitrogens with zero attached hydrogens (tertiary/aromatic N) is 1. The van der Waals surface area contributed by atoms with Crippen molar-refractivity contribution in [3.63, 3.8) is 0 Å². The molecule has 10 nitrogen and oxygen atoms in total. The number of alkyl carbamates (subject to hydrolysis) is 1. The van der Waals surface area contributed by atoms with Gasteiger partial charge in [0, 0.05) is 18.9 Å². The van der Waals surface area contributed by atoms with Crippen LogP contribution in [0.1, 0.15) is 72.6 Å². The number of aliphatic hydroxyl groups excluding tert-OH is 1. The van der Waals surface area contributed by atoms with Gasteiger partial charge in [0.2, 0.25) is 11.8 Å². The molecular formula is C27H43N3O7. The first-order valence-corrected chi connectivity index (χ1v) is 13.1. The second-order valence-electron chi connectivity index (χ2n) is 10.7. The van der Waals surface area contributed by atoms with Gasteiger partial charge in [-0.3, -0.25) is 9.59 Å². The highest BCUT2D eigenvalue weighted by Gasteiger charge is 2.62. The minimum absolute atomic E-state index is 0.0216. The van der Waals surface area contributed by atoms with Crippen LogP contribution in [0, 0.1) is 5.92 Å². The average molecular weight is 522 g/mol. The lowest BCUT2D eigenvalue weighted by molar-refractivity contribution is -0.150. The van der Waals surface area contributed by atoms with Gasteiger partial charge < -0.3 is 30.1 Å². The third-order valence-corrected chi connectivity index (χ3v) is 6.54. The maximum Gasteiger partial charge on any atom is 0.408 e. The molecule has 0 aromatic heterocycles. The molecule has 0 bridgehead atoms. The molecule has 3 unspecified atom stereocenters. The minimum atomic E-state index is -1.21. The SMILES string of the molecule is C=CCCCCC[C@H](NC(=O)OC(C)(C)C)C(=O)N1C[C@H](O)CC1C(=O)NC1(C(=O)OCC)CC1C=C. The first-order chi connectivity index (χ1) is 17.4. The number of ether oxygens (including phenoxy) is 2. The molecule has 1 aliphatic carbocycles. The van der Waals surface area contributed by atoms with Crippen molar-refractivity contribution < 1.29 is 33.8 Å². The van der Waals surface area contributed by atoms with Crippen molar-refractivity contribution in [2.24, 2.45) is 5.92 Å². The smallest absolute Gasteiger partial charge is 0.408 e. The molecule has 2 rings (SSSR count). The van der Waals surface area contributed by atoms with E-state index in [-0.39, 0.29) is 25.5 Å². The number of carbonyl (C=O) groups excluding carboxylic acids is 4. The second-order valence-corrected chi connectivity index (χ2v) is 10.7. The van der Waals surface area contributed by atoms with E-state index in [1.807, 2.05) is 6.08 Å². The lowest BCUT2D eigenvalue weighted by Crippen LogP contribution is -2.56. The van der Waals surface area contributed by atoms with E-state index in [1.54, 1.807) is 33.8 Å². The van der Waals surface area contributed by atoms with E-state index in [1.165, 1.54) is 4.90 Å². The fourth-order valence-electron chi connectivity index (χ4n) is 4.59. The van der Waals surface area contributed by atoms with Crippen LogP contribution in [0.4, 0.5) is 4.79 Å². The number of likely N-dealkylation sites (tertiary alicyclic amines) is 1. The van der Waals surface area contributed by atoms with E-state index in [4.69, 9.17) is 9.47 Å². The number of aliphatic hydroxyl groups is 1. The van der Waals surface area contributed by atoms with Gasteiger partial charge in [-0.25, -0.2) is 9.59 Å². The summed E-state index contributed by atoms with van der Waals surface area (Å²) in [6.45, 7) is 14.4. The molecule has 208 valence electrons. The van der Waals surface area contributed by atoms with Crippen molar-refractivity contribution in [1.82, 2.24) is 15.5 Å². The standard InChI is InChI=1S/C27H43N3O7/c1-7-10-11-12-13-14-20(28-25(35)37-26(4,5)6)23(33)30-17-19(31)15-21(30)22(32)29-27(16-18(27)8-2)24(34)36-9-3/h7-8,18-21,31H,1-2,9-17H2,3-6H3,(H,28,35)(H,29,32)/t18?,19-,20+,21?,27?/m1/s1. The Balaban J connectivity index is 2.17. The van der Waals surface area contributed by atoms with Gasteiger partial charge in [-0.15, -0.1) is 13.2 Å². The van der Waals surface area contributed by atoms with Gasteiger partial charge in [0.1, 0.15) is 23.2 Å². The number of hydrogen-bond donors (Lipinski definition) is 3. The van der Waals surface area contributed by atoms with E-state index in [0.29, 0.717) is 19.3 Å². The molecule has 3 amide bonds. The van der Waals surface area contributed by atoms with Crippen LogP contribution in [0.15, 0.2) is 25.3 Å². The zero-order valence-electron chi connectivity index (χ0n) is 22.6. The van der Waals surface area contributed by atoms with Crippen LogP contribution in [-0.4, -0.2) is 76.4 Å². The Labute approximate surface area is 219 Å². The highest BCUT2D eigenvalue weighted by Crippen LogP contribution is 2.45. The summed E-state index contributed by atoms with van der Waals surface area (Å²) < 4.78 is 10.5. The number of amides is 3. The first kappa shape index (κ1) is 30.3. The fraction of sp³-hybridized carbons (Fsp3) is 0.704. The molecule has 2 fully saturated rings. The molecule has 37 heavy (non-hydrogen) atoms. The Morgan fingerprint density at radius 1 is 1.19 bits per heavy atom. The van der Waals surface area contributed by atoms with Crippen molar-refractivity contribution in [2.75, 3.05) is 13.2 Å². The summed E-state index contributed by atoms with van der Waals surface area (Å²) in [6.07, 6.45) is 5.77. The van der Waals surface area contributed by atoms with Crippen LogP contribution in [0.3, 0.4) is 0 Å². The molecule has 5 atom stereocenters. The van der Waals surface area contributed by atoms with Crippen LogP contribution in [0.5, 0.6) is 0 Å². The number of β-amino-alcohol motifs (C(OH)–C–C–N with tert-alkyl or cyclic N) is 1. The quantitative estimate of drug-likeness (QED) is 0.193. The number of esters is 1. The minimum Gasteiger partial charge on any atom is -0.464 e. The number of unbranched alkanes of at least 4 members (excludes halogenated alkanes) is 3. The molecule has 0 aromatic carbocycles. The Morgan fingerprint density at radius 2 is 1.89 bits per heavy atom. The van der Waals surface area contributed by atoms with Crippen molar-refractivity contribution in [3.8, 4) is 0 Å². The Hall–Kier alpha value is -2.88. The highest BCUT2D eigenvalue weighted by molar-refractivity contribution is 5.96. The Morgan fingerprint density at radius 3 is 2.46 bits per heavy atom. The molecular weight excluding hydrogens is 478 g/mol. The van der Waals surface area contributed by atoms with Gasteiger partial charge in [0.25, 0.3) is 0 Å². The average Bonchev–Trinajstić information content (AvgIpc) is 3.39. The zero-order valence-corrected chi connectivity index (χ0v) is 22.6. The van der Waals surface area contributed by atoms with Crippen molar-refractivity contribution in [3.05, 3.63) is 25.3 Å². The van der Waals surface area contributed by atoms with Gasteiger partial charge in [0.05, 0.1) is 12.7 Å². The summed E-state index contributed by atoms with van der Waals surface area (Å²) in [5.41, 5.74) is -1.96. The van der Waals surface area contributed by atoms with Gasteiger partial charge in [-0.2, -0.15) is 0 Å². The number of nitrogens with one attached hydrogen (secondary N) is 2. The van der Waals surface area contributed by atoms with Crippen molar-refractivity contribution >= 4 is 23.9 Å². The van der Waals surface area contributed by atoms with Crippen LogP contribution < -0.4 is 10.6 Å². The van der Waals surface area contributed by atoms with Gasteiger partial charge >= 0.3 is 12.1 Å². The summed E-state index contributed by atoms with van der Waals surface area (Å²) in [4.78, 5) is 53.3. The highest BCUT2D eigenvalue weighted by atomic mass is 16.6. The third-order valence-electron chi connectivity index (χ3n) is 6.54. The molecule has 0 radical (unpaired) electrons. The fourth-order valence-corrected chi connectivity index (χ4v) is 4.59. The Bertz CT molecular complexity index is 869. The Kier molecular flexibility index (Phi) is 10.7. The van der Waals surface area contributed by atoms with Crippen molar-refractivity contribution in [2.45, 2.75) is 102 Å². The summed E-state index contributed by atoms with van der Waals surface area (Å²) in [5, 5.41) is 15.8. The molecule has 0 spiro atoms. The number of carbonyl (C=O) groups is 4. The molecule has 2 aliphatic rings. The number of allylic oxidation sites excluding steroid dienone is 1. The molecule has 1 saturated heterocycles. The van der Waals surface area contributed by atoms with E-state index in [2.05, 4.69) is 23.8 Å². The predicted molar refractivity (Wildman–Crippen MR) is 138 cm³/mol. The molecule has 0 aromatic rings. The van der Waals surface area contributed by atoms with E-state index in [0.717, 1.165) is 19.3 Å². The number of hydrogen-bond acceptors (Lipinski definition) is 7. The van der Waals surface area contributed by atoms with Gasteiger partial charge in [-0.1, -0.05) is 25.0 Å². The van der Waals surface area contributed by atoms with Gasteiger partial charge in [-0.05, 0) is 53.4 Å². The van der Waals surface area contributed by atoms with Crippen LogP contribution in [-0.2, 0) is 23.9 Å².